The van der Waals surface area contributed by atoms with Crippen LogP contribution in [-0.4, -0.2) is 22.5 Å². The molecule has 2 aromatic rings. The highest BCUT2D eigenvalue weighted by atomic mass is 19.4. The average Bonchev–Trinajstić information content (AvgIpc) is 3.03. The minimum absolute atomic E-state index is 0.0199. The number of ether oxygens (including phenoxy) is 1. The van der Waals surface area contributed by atoms with E-state index in [1.807, 2.05) is 6.92 Å². The normalized spacial score (nSPS) is 11.4. The fourth-order valence-corrected chi connectivity index (χ4v) is 1.96. The van der Waals surface area contributed by atoms with Crippen LogP contribution in [-0.2, 0) is 10.9 Å². The van der Waals surface area contributed by atoms with E-state index in [1.54, 1.807) is 0 Å². The predicted molar refractivity (Wildman–Crippen MR) is 81.5 cm³/mol. The number of carbonyl (C=O) groups is 1. The number of benzene rings is 1. The summed E-state index contributed by atoms with van der Waals surface area (Å²) in [5.74, 6) is 5.58. The molecule has 24 heavy (non-hydrogen) atoms. The summed E-state index contributed by atoms with van der Waals surface area (Å²) in [5, 5.41) is 4.58. The van der Waals surface area contributed by atoms with Crippen LogP contribution in [0.15, 0.2) is 36.5 Å². The largest absolute Gasteiger partial charge is 0.448 e. The van der Waals surface area contributed by atoms with Crippen LogP contribution in [0.2, 0.25) is 0 Å². The van der Waals surface area contributed by atoms with Crippen molar-refractivity contribution in [2.75, 3.05) is 11.6 Å². The van der Waals surface area contributed by atoms with Crippen LogP contribution in [0.5, 0.6) is 0 Å². The molecule has 0 aliphatic rings. The number of carbonyl (C=O) groups excluding carboxylic acids is 1. The monoisotopic (exact) mass is 342 g/mol. The molecule has 1 aromatic carbocycles. The van der Waals surface area contributed by atoms with Gasteiger partial charge in [-0.3, -0.25) is 0 Å². The van der Waals surface area contributed by atoms with Gasteiger partial charge in [-0.05, 0) is 18.6 Å². The first kappa shape index (κ1) is 17.8. The first-order valence-electron chi connectivity index (χ1n) is 7.28. The van der Waals surface area contributed by atoms with Crippen molar-refractivity contribution in [3.05, 3.63) is 42.1 Å². The van der Waals surface area contributed by atoms with E-state index in [0.29, 0.717) is 11.4 Å². The van der Waals surface area contributed by atoms with Crippen molar-refractivity contribution in [2.24, 2.45) is 5.84 Å². The van der Waals surface area contributed by atoms with Crippen molar-refractivity contribution in [1.82, 2.24) is 9.78 Å². The number of halogens is 3. The highest BCUT2D eigenvalue weighted by Gasteiger charge is 2.34. The van der Waals surface area contributed by atoms with Gasteiger partial charge < -0.3 is 4.74 Å². The number of alkyl halides is 3. The maximum atomic E-state index is 13.1. The highest BCUT2D eigenvalue weighted by Crippen LogP contribution is 2.33. The zero-order valence-corrected chi connectivity index (χ0v) is 13.0. The molecule has 130 valence electrons. The van der Waals surface area contributed by atoms with Crippen LogP contribution in [0, 0.1) is 0 Å². The minimum Gasteiger partial charge on any atom is -0.448 e. The Kier molecular flexibility index (Phi) is 5.45. The molecular weight excluding hydrogens is 325 g/mol. The van der Waals surface area contributed by atoms with Crippen molar-refractivity contribution in [2.45, 2.75) is 25.9 Å². The number of aromatic nitrogens is 2. The number of hydrazine groups is 1. The lowest BCUT2D eigenvalue weighted by molar-refractivity contribution is -0.137. The van der Waals surface area contributed by atoms with Gasteiger partial charge in [-0.1, -0.05) is 25.5 Å². The lowest BCUT2D eigenvalue weighted by Gasteiger charge is -2.14. The maximum Gasteiger partial charge on any atom is 0.430 e. The Morgan fingerprint density at radius 3 is 2.71 bits per heavy atom. The van der Waals surface area contributed by atoms with Gasteiger partial charge >= 0.3 is 12.3 Å². The highest BCUT2D eigenvalue weighted by molar-refractivity contribution is 5.84. The number of hydrogen-bond acceptors (Lipinski definition) is 4. The van der Waals surface area contributed by atoms with E-state index in [4.69, 9.17) is 10.6 Å². The summed E-state index contributed by atoms with van der Waals surface area (Å²) in [7, 11) is 0. The van der Waals surface area contributed by atoms with Crippen LogP contribution >= 0.6 is 0 Å². The van der Waals surface area contributed by atoms with Gasteiger partial charge in [-0.15, -0.1) is 5.10 Å². The Morgan fingerprint density at radius 1 is 1.33 bits per heavy atom. The molecule has 0 spiro atoms. The molecule has 0 saturated heterocycles. The van der Waals surface area contributed by atoms with E-state index >= 15 is 0 Å². The van der Waals surface area contributed by atoms with E-state index in [9.17, 15) is 18.0 Å². The summed E-state index contributed by atoms with van der Waals surface area (Å²) < 4.78 is 45.1. The van der Waals surface area contributed by atoms with Gasteiger partial charge in [0.05, 0.1) is 17.9 Å². The SMILES string of the molecule is CCCCOC(=O)N(N)c1ccn(-c2ccccc2C(F)(F)F)n1. The molecule has 6 nitrogen and oxygen atoms in total. The molecule has 0 saturated carbocycles. The summed E-state index contributed by atoms with van der Waals surface area (Å²) in [6, 6.07) is 6.31. The summed E-state index contributed by atoms with van der Waals surface area (Å²) in [5.41, 5.74) is -1.00. The van der Waals surface area contributed by atoms with Gasteiger partial charge in [-0.25, -0.2) is 15.3 Å². The Morgan fingerprint density at radius 2 is 2.04 bits per heavy atom. The number of nitrogens with two attached hydrogens (primary N) is 1. The van der Waals surface area contributed by atoms with Crippen LogP contribution < -0.4 is 10.9 Å². The number of amides is 1. The minimum atomic E-state index is -4.52. The number of rotatable bonds is 5. The quantitative estimate of drug-likeness (QED) is 0.391. The predicted octanol–water partition coefficient (Wildman–Crippen LogP) is 3.51. The molecule has 0 radical (unpaired) electrons. The number of para-hydroxylation sites is 1. The summed E-state index contributed by atoms with van der Waals surface area (Å²) >= 11 is 0. The van der Waals surface area contributed by atoms with Crippen molar-refractivity contribution in [3.8, 4) is 5.69 Å². The molecular formula is C15H17F3N4O2. The standard InChI is InChI=1S/C15H17F3N4O2/c1-2-3-10-24-14(23)22(19)13-8-9-21(20-13)12-7-5-4-6-11(12)15(16,17)18/h4-9H,2-3,10,19H2,1H3. The van der Waals surface area contributed by atoms with Gasteiger partial charge in [-0.2, -0.15) is 18.2 Å². The molecule has 0 atom stereocenters. The lowest BCUT2D eigenvalue weighted by Crippen LogP contribution is -2.38. The van der Waals surface area contributed by atoms with E-state index in [2.05, 4.69) is 5.10 Å². The van der Waals surface area contributed by atoms with Gasteiger partial charge in [0.2, 0.25) is 0 Å². The first-order chi connectivity index (χ1) is 11.3. The number of nitrogens with zero attached hydrogens (tertiary/aromatic N) is 3. The van der Waals surface area contributed by atoms with Gasteiger partial charge in [0, 0.05) is 12.3 Å². The van der Waals surface area contributed by atoms with Crippen molar-refractivity contribution < 1.29 is 22.7 Å². The molecule has 2 rings (SSSR count). The van der Waals surface area contributed by atoms with Crippen molar-refractivity contribution in [3.63, 3.8) is 0 Å². The number of unbranched alkanes of at least 4 members (excludes halogenated alkanes) is 1. The Hall–Kier alpha value is -2.55. The summed E-state index contributed by atoms with van der Waals surface area (Å²) in [6.45, 7) is 2.15. The van der Waals surface area contributed by atoms with Crippen molar-refractivity contribution >= 4 is 11.9 Å². The Bertz CT molecular complexity index is 700. The first-order valence-corrected chi connectivity index (χ1v) is 7.28. The molecule has 1 heterocycles. The maximum absolute atomic E-state index is 13.1. The zero-order chi connectivity index (χ0) is 17.7. The third kappa shape index (κ3) is 4.05. The molecule has 0 unspecified atom stereocenters. The Labute approximate surface area is 136 Å². The fraction of sp³-hybridized carbons (Fsp3) is 0.333. The molecule has 0 aliphatic carbocycles. The lowest BCUT2D eigenvalue weighted by atomic mass is 10.2. The molecule has 1 aromatic heterocycles. The molecule has 1 amide bonds. The summed E-state index contributed by atoms with van der Waals surface area (Å²) in [4.78, 5) is 11.7. The van der Waals surface area contributed by atoms with E-state index in [0.717, 1.165) is 17.2 Å². The third-order valence-corrected chi connectivity index (χ3v) is 3.20. The summed E-state index contributed by atoms with van der Waals surface area (Å²) in [6.07, 6.45) is -2.52. The zero-order valence-electron chi connectivity index (χ0n) is 13.0. The Balaban J connectivity index is 2.21. The van der Waals surface area contributed by atoms with Crippen LogP contribution in [0.25, 0.3) is 5.69 Å². The smallest absolute Gasteiger partial charge is 0.430 e. The van der Waals surface area contributed by atoms with E-state index < -0.39 is 17.8 Å². The van der Waals surface area contributed by atoms with Crippen molar-refractivity contribution in [1.29, 1.82) is 0 Å². The van der Waals surface area contributed by atoms with Gasteiger partial charge in [0.15, 0.2) is 5.82 Å². The molecule has 0 fully saturated rings. The van der Waals surface area contributed by atoms with E-state index in [-0.39, 0.29) is 18.1 Å². The number of hydrogen-bond donors (Lipinski definition) is 1. The van der Waals surface area contributed by atoms with Crippen LogP contribution in [0.1, 0.15) is 25.3 Å². The average molecular weight is 342 g/mol. The number of anilines is 1. The molecule has 0 bridgehead atoms. The molecule has 2 N–H and O–H groups in total. The molecule has 0 aliphatic heterocycles. The second-order valence-electron chi connectivity index (χ2n) is 4.97. The van der Waals surface area contributed by atoms with Gasteiger partial charge in [0.25, 0.3) is 0 Å². The van der Waals surface area contributed by atoms with Gasteiger partial charge in [0.1, 0.15) is 0 Å². The fourth-order valence-electron chi connectivity index (χ4n) is 1.96. The topological polar surface area (TPSA) is 73.4 Å². The van der Waals surface area contributed by atoms with E-state index in [1.165, 1.54) is 30.5 Å². The van der Waals surface area contributed by atoms with Crippen LogP contribution in [0.3, 0.4) is 0 Å². The van der Waals surface area contributed by atoms with Crippen LogP contribution in [0.4, 0.5) is 23.8 Å². The second-order valence-corrected chi connectivity index (χ2v) is 4.97. The second kappa shape index (κ2) is 7.35. The third-order valence-electron chi connectivity index (χ3n) is 3.20. The molecule has 9 heteroatoms.